The molecule has 0 aliphatic heterocycles. The Labute approximate surface area is 108 Å². The molecule has 4 atom stereocenters. The van der Waals surface area contributed by atoms with Crippen LogP contribution in [0.1, 0.15) is 25.7 Å². The van der Waals surface area contributed by atoms with Crippen molar-refractivity contribution in [3.05, 3.63) is 24.3 Å². The third-order valence-electron chi connectivity index (χ3n) is 3.32. The highest BCUT2D eigenvalue weighted by molar-refractivity contribution is 4.96. The second-order valence-electron chi connectivity index (χ2n) is 5.03. The van der Waals surface area contributed by atoms with Gasteiger partial charge in [0.05, 0.1) is 12.2 Å². The number of hydrogen-bond donors (Lipinski definition) is 4. The third kappa shape index (κ3) is 5.78. The lowest BCUT2D eigenvalue weighted by atomic mass is 9.94. The number of aliphatic hydroxyl groups is 4. The van der Waals surface area contributed by atoms with Crippen LogP contribution in [0.25, 0.3) is 0 Å². The Hall–Kier alpha value is -0.680. The number of aliphatic hydroxyl groups excluding tert-OH is 4. The average molecular weight is 256 g/mol. The molecule has 0 aromatic heterocycles. The molecule has 0 aromatic carbocycles. The molecule has 2 aliphatic rings. The lowest BCUT2D eigenvalue weighted by molar-refractivity contribution is 0.139. The minimum Gasteiger partial charge on any atom is -0.396 e. The first-order chi connectivity index (χ1) is 8.65. The molecule has 0 bridgehead atoms. The van der Waals surface area contributed by atoms with Crippen LogP contribution in [0, 0.1) is 11.8 Å². The van der Waals surface area contributed by atoms with Crippen LogP contribution in [0.15, 0.2) is 24.3 Å². The van der Waals surface area contributed by atoms with Crippen molar-refractivity contribution >= 4 is 0 Å². The Morgan fingerprint density at radius 3 is 1.39 bits per heavy atom. The minimum atomic E-state index is -0.323. The molecule has 0 unspecified atom stereocenters. The van der Waals surface area contributed by atoms with Crippen molar-refractivity contribution in [2.75, 3.05) is 13.2 Å². The van der Waals surface area contributed by atoms with Crippen LogP contribution in [0.4, 0.5) is 0 Å². The van der Waals surface area contributed by atoms with E-state index in [-0.39, 0.29) is 37.3 Å². The molecule has 18 heavy (non-hydrogen) atoms. The normalized spacial score (nSPS) is 34.9. The zero-order valence-corrected chi connectivity index (χ0v) is 10.7. The monoisotopic (exact) mass is 256 g/mol. The van der Waals surface area contributed by atoms with Gasteiger partial charge in [0.15, 0.2) is 0 Å². The predicted octanol–water partition coefficient (Wildman–Crippen LogP) is 0.612. The van der Waals surface area contributed by atoms with Gasteiger partial charge in [0, 0.05) is 13.2 Å². The Kier molecular flexibility index (Phi) is 7.20. The van der Waals surface area contributed by atoms with E-state index in [0.717, 1.165) is 12.8 Å². The second-order valence-corrected chi connectivity index (χ2v) is 5.03. The van der Waals surface area contributed by atoms with Crippen molar-refractivity contribution in [3.8, 4) is 0 Å². The Balaban J connectivity index is 0.000000180. The summed E-state index contributed by atoms with van der Waals surface area (Å²) in [5.74, 6) is 0.565. The van der Waals surface area contributed by atoms with Crippen LogP contribution in [0.2, 0.25) is 0 Å². The average Bonchev–Trinajstić information content (AvgIpc) is 2.39. The van der Waals surface area contributed by atoms with E-state index in [1.54, 1.807) is 12.2 Å². The van der Waals surface area contributed by atoms with E-state index in [1.165, 1.54) is 0 Å². The van der Waals surface area contributed by atoms with Crippen LogP contribution < -0.4 is 0 Å². The van der Waals surface area contributed by atoms with Gasteiger partial charge in [-0.15, -0.1) is 0 Å². The van der Waals surface area contributed by atoms with Crippen LogP contribution >= 0.6 is 0 Å². The summed E-state index contributed by atoms with van der Waals surface area (Å²) in [6.07, 6.45) is 10.0. The number of hydrogen-bond acceptors (Lipinski definition) is 4. The maximum absolute atomic E-state index is 9.01. The smallest absolute Gasteiger partial charge is 0.0724 e. The zero-order chi connectivity index (χ0) is 13.4. The minimum absolute atomic E-state index is 0.196. The van der Waals surface area contributed by atoms with Gasteiger partial charge in [-0.1, -0.05) is 24.3 Å². The topological polar surface area (TPSA) is 80.9 Å². The molecular formula is C14H24O4. The van der Waals surface area contributed by atoms with Gasteiger partial charge in [0.25, 0.3) is 0 Å². The summed E-state index contributed by atoms with van der Waals surface area (Å²) in [5.41, 5.74) is 0. The first kappa shape index (κ1) is 15.4. The van der Waals surface area contributed by atoms with Gasteiger partial charge in [-0.05, 0) is 37.5 Å². The van der Waals surface area contributed by atoms with Crippen molar-refractivity contribution < 1.29 is 20.4 Å². The van der Waals surface area contributed by atoms with E-state index in [2.05, 4.69) is 0 Å². The summed E-state index contributed by atoms with van der Waals surface area (Å²) in [4.78, 5) is 0. The van der Waals surface area contributed by atoms with Crippen molar-refractivity contribution in [3.63, 3.8) is 0 Å². The SMILES string of the molecule is OC[C@@H]1CC=C[C@H](O)C1.OC[C@H]1CC=C[C@@H](O)C1. The number of allylic oxidation sites excluding steroid dienone is 2. The van der Waals surface area contributed by atoms with Crippen LogP contribution in [0.5, 0.6) is 0 Å². The summed E-state index contributed by atoms with van der Waals surface area (Å²) >= 11 is 0. The van der Waals surface area contributed by atoms with Gasteiger partial charge in [0.1, 0.15) is 0 Å². The zero-order valence-electron chi connectivity index (χ0n) is 10.7. The first-order valence-electron chi connectivity index (χ1n) is 6.56. The largest absolute Gasteiger partial charge is 0.396 e. The maximum Gasteiger partial charge on any atom is 0.0724 e. The van der Waals surface area contributed by atoms with E-state index in [0.29, 0.717) is 12.8 Å². The molecule has 104 valence electrons. The molecule has 4 N–H and O–H groups in total. The van der Waals surface area contributed by atoms with Crippen molar-refractivity contribution in [1.82, 2.24) is 0 Å². The molecule has 4 nitrogen and oxygen atoms in total. The second kappa shape index (κ2) is 8.43. The van der Waals surface area contributed by atoms with Crippen LogP contribution in [-0.4, -0.2) is 45.8 Å². The Morgan fingerprint density at radius 1 is 0.778 bits per heavy atom. The predicted molar refractivity (Wildman–Crippen MR) is 69.9 cm³/mol. The molecular weight excluding hydrogens is 232 g/mol. The lowest BCUT2D eigenvalue weighted by Gasteiger charge is -2.18. The van der Waals surface area contributed by atoms with E-state index in [1.807, 2.05) is 12.2 Å². The fourth-order valence-electron chi connectivity index (χ4n) is 2.19. The molecule has 0 radical (unpaired) electrons. The van der Waals surface area contributed by atoms with Crippen molar-refractivity contribution in [2.45, 2.75) is 37.9 Å². The van der Waals surface area contributed by atoms with Gasteiger partial charge in [-0.2, -0.15) is 0 Å². The van der Waals surface area contributed by atoms with Gasteiger partial charge in [-0.25, -0.2) is 0 Å². The molecule has 0 fully saturated rings. The van der Waals surface area contributed by atoms with Gasteiger partial charge in [-0.3, -0.25) is 0 Å². The fraction of sp³-hybridized carbons (Fsp3) is 0.714. The summed E-state index contributed by atoms with van der Waals surface area (Å²) in [6.45, 7) is 0.392. The summed E-state index contributed by atoms with van der Waals surface area (Å²) < 4.78 is 0. The van der Waals surface area contributed by atoms with Crippen LogP contribution in [0.3, 0.4) is 0 Å². The van der Waals surface area contributed by atoms with E-state index in [4.69, 9.17) is 20.4 Å². The maximum atomic E-state index is 9.01. The molecule has 0 saturated carbocycles. The molecule has 4 heteroatoms. The van der Waals surface area contributed by atoms with E-state index in [9.17, 15) is 0 Å². The quantitative estimate of drug-likeness (QED) is 0.546. The molecule has 0 amide bonds. The molecule has 0 saturated heterocycles. The lowest BCUT2D eigenvalue weighted by Crippen LogP contribution is -2.17. The van der Waals surface area contributed by atoms with Crippen molar-refractivity contribution in [1.29, 1.82) is 0 Å². The highest BCUT2D eigenvalue weighted by atomic mass is 16.3. The van der Waals surface area contributed by atoms with Gasteiger partial charge < -0.3 is 20.4 Å². The van der Waals surface area contributed by atoms with Crippen LogP contribution in [-0.2, 0) is 0 Å². The van der Waals surface area contributed by atoms with Gasteiger partial charge >= 0.3 is 0 Å². The molecule has 2 rings (SSSR count). The first-order valence-corrected chi connectivity index (χ1v) is 6.56. The Bertz CT molecular complexity index is 247. The number of rotatable bonds is 2. The highest BCUT2D eigenvalue weighted by Gasteiger charge is 2.14. The van der Waals surface area contributed by atoms with Crippen molar-refractivity contribution in [2.24, 2.45) is 11.8 Å². The molecule has 0 aromatic rings. The summed E-state index contributed by atoms with van der Waals surface area (Å²) in [5, 5.41) is 35.4. The summed E-state index contributed by atoms with van der Waals surface area (Å²) in [6, 6.07) is 0. The molecule has 2 aliphatic carbocycles. The third-order valence-corrected chi connectivity index (χ3v) is 3.32. The highest BCUT2D eigenvalue weighted by Crippen LogP contribution is 2.17. The van der Waals surface area contributed by atoms with E-state index < -0.39 is 0 Å². The molecule has 0 heterocycles. The molecule has 0 spiro atoms. The Morgan fingerprint density at radius 2 is 1.17 bits per heavy atom. The van der Waals surface area contributed by atoms with Gasteiger partial charge in [0.2, 0.25) is 0 Å². The van der Waals surface area contributed by atoms with E-state index >= 15 is 0 Å². The summed E-state index contributed by atoms with van der Waals surface area (Å²) in [7, 11) is 0. The fourth-order valence-corrected chi connectivity index (χ4v) is 2.19. The standard InChI is InChI=1S/2C7H12O2/c2*8-5-6-2-1-3-7(9)4-6/h2*1,3,6-9H,2,4-5H2/t2*6-,7+/m10/s1.